The van der Waals surface area contributed by atoms with Crippen LogP contribution < -0.4 is 19.7 Å². The van der Waals surface area contributed by atoms with Gasteiger partial charge in [-0.3, -0.25) is 5.32 Å². The summed E-state index contributed by atoms with van der Waals surface area (Å²) in [7, 11) is 3.29. The molecule has 1 aliphatic rings. The number of fused-ring (bicyclic) bond motifs is 1. The zero-order valence-corrected chi connectivity index (χ0v) is 17.0. The molecule has 0 bridgehead atoms. The number of carbonyl (C=O) groups excluding carboxylic acids is 1. The third-order valence-corrected chi connectivity index (χ3v) is 4.46. The Morgan fingerprint density at radius 1 is 1.11 bits per heavy atom. The summed E-state index contributed by atoms with van der Waals surface area (Å²) in [5.74, 6) is 1.95. The lowest BCUT2D eigenvalue weighted by atomic mass is 9.98. The Morgan fingerprint density at radius 2 is 1.79 bits per heavy atom. The molecule has 0 saturated heterocycles. The Hall–Kier alpha value is -2.96. The lowest BCUT2D eigenvalue weighted by Gasteiger charge is -2.31. The summed E-state index contributed by atoms with van der Waals surface area (Å²) in [6, 6.07) is 7.82. The first-order valence-electron chi connectivity index (χ1n) is 9.24. The molecule has 0 radical (unpaired) electrons. The van der Waals surface area contributed by atoms with Crippen LogP contribution in [-0.4, -0.2) is 37.4 Å². The van der Waals surface area contributed by atoms with Crippen molar-refractivity contribution >= 4 is 17.6 Å². The van der Waals surface area contributed by atoms with Gasteiger partial charge in [0.2, 0.25) is 0 Å². The van der Waals surface area contributed by atoms with E-state index in [4.69, 9.17) is 14.2 Å². The number of hydrogen-bond acceptors (Lipinski definition) is 6. The first kappa shape index (κ1) is 19.8. The van der Waals surface area contributed by atoms with Gasteiger partial charge in [0.25, 0.3) is 0 Å². The molecule has 0 aliphatic carbocycles. The fraction of sp³-hybridized carbons (Fsp3) is 0.429. The summed E-state index contributed by atoms with van der Waals surface area (Å²) in [5, 5.41) is 2.65. The fourth-order valence-corrected chi connectivity index (χ4v) is 3.16. The van der Waals surface area contributed by atoms with E-state index in [9.17, 15) is 4.79 Å². The standard InChI is InChI=1S/C21H27N3O4/c1-21(2,3)28-20(25)23-19-7-6-16(12-22-19)24-9-8-14-10-17(26-4)18(27-5)11-15(14)13-24/h6-7,10-12H,8-9,13H2,1-5H3,(H,22,23,25). The van der Waals surface area contributed by atoms with E-state index in [1.54, 1.807) is 26.5 Å². The second-order valence-corrected chi connectivity index (χ2v) is 7.68. The Balaban J connectivity index is 1.69. The Labute approximate surface area is 165 Å². The maximum atomic E-state index is 11.9. The smallest absolute Gasteiger partial charge is 0.413 e. The summed E-state index contributed by atoms with van der Waals surface area (Å²) in [4.78, 5) is 18.4. The van der Waals surface area contributed by atoms with Gasteiger partial charge in [0.05, 0.1) is 26.1 Å². The third kappa shape index (κ3) is 4.65. The van der Waals surface area contributed by atoms with Crippen LogP contribution in [0.1, 0.15) is 31.9 Å². The summed E-state index contributed by atoms with van der Waals surface area (Å²) in [6.45, 7) is 7.10. The number of rotatable bonds is 4. The van der Waals surface area contributed by atoms with E-state index in [1.165, 1.54) is 11.1 Å². The molecule has 1 aromatic heterocycles. The van der Waals surface area contributed by atoms with Crippen LogP contribution in [0.4, 0.5) is 16.3 Å². The number of amides is 1. The first-order valence-corrected chi connectivity index (χ1v) is 9.24. The Morgan fingerprint density at radius 3 is 2.36 bits per heavy atom. The molecule has 1 aromatic carbocycles. The van der Waals surface area contributed by atoms with Gasteiger partial charge in [-0.25, -0.2) is 9.78 Å². The number of hydrogen-bond donors (Lipinski definition) is 1. The fourth-order valence-electron chi connectivity index (χ4n) is 3.16. The molecule has 28 heavy (non-hydrogen) atoms. The maximum absolute atomic E-state index is 11.9. The van der Waals surface area contributed by atoms with Crippen molar-refractivity contribution in [2.24, 2.45) is 0 Å². The van der Waals surface area contributed by atoms with Crippen molar-refractivity contribution in [3.8, 4) is 11.5 Å². The molecule has 0 fully saturated rings. The average Bonchev–Trinajstić information content (AvgIpc) is 2.65. The van der Waals surface area contributed by atoms with Gasteiger partial charge in [0, 0.05) is 13.1 Å². The predicted molar refractivity (Wildman–Crippen MR) is 108 cm³/mol. The molecule has 1 amide bonds. The van der Waals surface area contributed by atoms with Gasteiger partial charge >= 0.3 is 6.09 Å². The largest absolute Gasteiger partial charge is 0.493 e. The molecule has 0 saturated carbocycles. The van der Waals surface area contributed by atoms with Crippen LogP contribution in [0, 0.1) is 0 Å². The summed E-state index contributed by atoms with van der Waals surface area (Å²) in [6.07, 6.45) is 2.16. The molecular formula is C21H27N3O4. The highest BCUT2D eigenvalue weighted by molar-refractivity contribution is 5.83. The number of nitrogens with zero attached hydrogens (tertiary/aromatic N) is 2. The van der Waals surface area contributed by atoms with E-state index in [0.29, 0.717) is 5.82 Å². The number of pyridine rings is 1. The molecule has 2 heterocycles. The number of methoxy groups -OCH3 is 2. The highest BCUT2D eigenvalue weighted by Gasteiger charge is 2.20. The van der Waals surface area contributed by atoms with Gasteiger partial charge < -0.3 is 19.1 Å². The summed E-state index contributed by atoms with van der Waals surface area (Å²) < 4.78 is 16.1. The van der Waals surface area contributed by atoms with Crippen LogP contribution in [0.2, 0.25) is 0 Å². The quantitative estimate of drug-likeness (QED) is 0.857. The normalized spacial score (nSPS) is 13.5. The van der Waals surface area contributed by atoms with Crippen LogP contribution >= 0.6 is 0 Å². The van der Waals surface area contributed by atoms with E-state index < -0.39 is 11.7 Å². The number of anilines is 2. The number of benzene rings is 1. The predicted octanol–water partition coefficient (Wildman–Crippen LogP) is 4.01. The Bertz CT molecular complexity index is 844. The zero-order valence-electron chi connectivity index (χ0n) is 17.0. The molecule has 7 heteroatoms. The van der Waals surface area contributed by atoms with Crippen LogP contribution in [0.15, 0.2) is 30.5 Å². The van der Waals surface area contributed by atoms with E-state index in [1.807, 2.05) is 32.9 Å². The van der Waals surface area contributed by atoms with E-state index in [-0.39, 0.29) is 0 Å². The van der Waals surface area contributed by atoms with E-state index in [0.717, 1.165) is 36.7 Å². The highest BCUT2D eigenvalue weighted by atomic mass is 16.6. The van der Waals surface area contributed by atoms with Crippen LogP contribution in [-0.2, 0) is 17.7 Å². The zero-order chi connectivity index (χ0) is 20.3. The number of ether oxygens (including phenoxy) is 3. The van der Waals surface area contributed by atoms with Gasteiger partial charge in [0.15, 0.2) is 11.5 Å². The molecule has 1 aliphatic heterocycles. The third-order valence-electron chi connectivity index (χ3n) is 4.46. The van der Waals surface area contributed by atoms with Gasteiger partial charge in [-0.2, -0.15) is 0 Å². The topological polar surface area (TPSA) is 72.9 Å². The lowest BCUT2D eigenvalue weighted by Crippen LogP contribution is -2.30. The Kier molecular flexibility index (Phi) is 5.63. The first-order chi connectivity index (χ1) is 13.3. The minimum Gasteiger partial charge on any atom is -0.493 e. The molecule has 0 unspecified atom stereocenters. The molecule has 2 aromatic rings. The molecule has 1 N–H and O–H groups in total. The average molecular weight is 385 g/mol. The molecule has 0 spiro atoms. The van der Waals surface area contributed by atoms with Crippen LogP contribution in [0.5, 0.6) is 11.5 Å². The van der Waals surface area contributed by atoms with Crippen molar-refractivity contribution in [1.29, 1.82) is 0 Å². The number of aromatic nitrogens is 1. The summed E-state index contributed by atoms with van der Waals surface area (Å²) in [5.41, 5.74) is 2.93. The summed E-state index contributed by atoms with van der Waals surface area (Å²) >= 11 is 0. The minimum absolute atomic E-state index is 0.460. The van der Waals surface area contributed by atoms with Crippen molar-refractivity contribution < 1.29 is 19.0 Å². The number of carbonyl (C=O) groups is 1. The minimum atomic E-state index is -0.547. The second kappa shape index (κ2) is 7.96. The van der Waals surface area contributed by atoms with Crippen molar-refractivity contribution in [3.05, 3.63) is 41.6 Å². The lowest BCUT2D eigenvalue weighted by molar-refractivity contribution is 0.0635. The molecule has 0 atom stereocenters. The SMILES string of the molecule is COc1cc2c(cc1OC)CN(c1ccc(NC(=O)OC(C)(C)C)nc1)CC2. The molecule has 3 rings (SSSR count). The van der Waals surface area contributed by atoms with Gasteiger partial charge in [-0.05, 0) is 62.6 Å². The highest BCUT2D eigenvalue weighted by Crippen LogP contribution is 2.34. The molecular weight excluding hydrogens is 358 g/mol. The van der Waals surface area contributed by atoms with Crippen LogP contribution in [0.25, 0.3) is 0 Å². The van der Waals surface area contributed by atoms with Crippen molar-refractivity contribution in [3.63, 3.8) is 0 Å². The van der Waals surface area contributed by atoms with Gasteiger partial charge in [0.1, 0.15) is 11.4 Å². The van der Waals surface area contributed by atoms with E-state index in [2.05, 4.69) is 21.3 Å². The van der Waals surface area contributed by atoms with Crippen molar-refractivity contribution in [2.45, 2.75) is 39.3 Å². The van der Waals surface area contributed by atoms with Crippen LogP contribution in [0.3, 0.4) is 0 Å². The van der Waals surface area contributed by atoms with E-state index >= 15 is 0 Å². The molecule has 7 nitrogen and oxygen atoms in total. The monoisotopic (exact) mass is 385 g/mol. The molecule has 150 valence electrons. The van der Waals surface area contributed by atoms with Gasteiger partial charge in [-0.15, -0.1) is 0 Å². The van der Waals surface area contributed by atoms with Crippen molar-refractivity contribution in [2.75, 3.05) is 31.0 Å². The van der Waals surface area contributed by atoms with Gasteiger partial charge in [-0.1, -0.05) is 0 Å². The second-order valence-electron chi connectivity index (χ2n) is 7.68. The number of nitrogens with one attached hydrogen (secondary N) is 1. The maximum Gasteiger partial charge on any atom is 0.413 e. The van der Waals surface area contributed by atoms with Crippen molar-refractivity contribution in [1.82, 2.24) is 4.98 Å².